The molecule has 0 aromatic carbocycles. The first-order valence-corrected chi connectivity index (χ1v) is 8.56. The van der Waals surface area contributed by atoms with E-state index in [9.17, 15) is 4.79 Å². The second kappa shape index (κ2) is 6.22. The summed E-state index contributed by atoms with van der Waals surface area (Å²) < 4.78 is 0. The van der Waals surface area contributed by atoms with Crippen molar-refractivity contribution in [2.75, 3.05) is 18.4 Å². The van der Waals surface area contributed by atoms with Gasteiger partial charge in [-0.25, -0.2) is 4.98 Å². The maximum absolute atomic E-state index is 12.1. The third-order valence-electron chi connectivity index (χ3n) is 4.41. The van der Waals surface area contributed by atoms with Gasteiger partial charge in [-0.3, -0.25) is 4.79 Å². The minimum atomic E-state index is 0.111. The molecule has 2 atom stereocenters. The Morgan fingerprint density at radius 3 is 3.10 bits per heavy atom. The van der Waals surface area contributed by atoms with Crippen LogP contribution in [0.3, 0.4) is 0 Å². The van der Waals surface area contributed by atoms with Crippen LogP contribution < -0.4 is 10.6 Å². The highest BCUT2D eigenvalue weighted by Crippen LogP contribution is 2.40. The summed E-state index contributed by atoms with van der Waals surface area (Å²) in [6.07, 6.45) is 5.58. The lowest BCUT2D eigenvalue weighted by atomic mass is 9.85. The zero-order chi connectivity index (χ0) is 13.9. The minimum Gasteiger partial charge on any atom is -0.316 e. The molecule has 1 saturated heterocycles. The van der Waals surface area contributed by atoms with E-state index in [0.29, 0.717) is 24.2 Å². The van der Waals surface area contributed by atoms with Gasteiger partial charge in [0.1, 0.15) is 0 Å². The first-order chi connectivity index (χ1) is 9.72. The van der Waals surface area contributed by atoms with Crippen molar-refractivity contribution in [3.8, 4) is 0 Å². The Kier molecular flexibility index (Phi) is 4.36. The van der Waals surface area contributed by atoms with Crippen molar-refractivity contribution >= 4 is 22.4 Å². The number of anilines is 1. The quantitative estimate of drug-likeness (QED) is 0.877. The second-order valence-corrected chi connectivity index (χ2v) is 7.05. The fourth-order valence-electron chi connectivity index (χ4n) is 2.90. The van der Waals surface area contributed by atoms with Crippen LogP contribution in [0.5, 0.6) is 0 Å². The normalized spacial score (nSPS) is 24.4. The third kappa shape index (κ3) is 3.58. The van der Waals surface area contributed by atoms with E-state index >= 15 is 0 Å². The first-order valence-electron chi connectivity index (χ1n) is 7.68. The van der Waals surface area contributed by atoms with Crippen molar-refractivity contribution in [1.82, 2.24) is 10.3 Å². The topological polar surface area (TPSA) is 54.0 Å². The van der Waals surface area contributed by atoms with Crippen LogP contribution in [0, 0.1) is 11.8 Å². The third-order valence-corrected chi connectivity index (χ3v) is 5.19. The molecule has 2 aliphatic rings. The van der Waals surface area contributed by atoms with E-state index in [1.807, 2.05) is 0 Å². The molecule has 1 aromatic heterocycles. The van der Waals surface area contributed by atoms with Crippen molar-refractivity contribution in [3.63, 3.8) is 0 Å². The molecule has 0 spiro atoms. The molecular formula is C15H23N3OS. The molecule has 1 aromatic rings. The van der Waals surface area contributed by atoms with Crippen LogP contribution in [0.15, 0.2) is 5.38 Å². The van der Waals surface area contributed by atoms with Crippen molar-refractivity contribution in [2.45, 2.75) is 44.9 Å². The highest BCUT2D eigenvalue weighted by molar-refractivity contribution is 7.13. The van der Waals surface area contributed by atoms with E-state index in [-0.39, 0.29) is 5.91 Å². The number of nitrogens with zero attached hydrogens (tertiary/aromatic N) is 1. The Balaban J connectivity index is 1.47. The van der Waals surface area contributed by atoms with Gasteiger partial charge in [0.15, 0.2) is 5.13 Å². The molecule has 2 unspecified atom stereocenters. The van der Waals surface area contributed by atoms with E-state index in [1.165, 1.54) is 25.7 Å². The van der Waals surface area contributed by atoms with E-state index in [0.717, 1.165) is 23.9 Å². The van der Waals surface area contributed by atoms with E-state index in [4.69, 9.17) is 0 Å². The summed E-state index contributed by atoms with van der Waals surface area (Å²) >= 11 is 1.55. The Morgan fingerprint density at radius 2 is 2.40 bits per heavy atom. The largest absolute Gasteiger partial charge is 0.316 e. The molecule has 2 N–H and O–H groups in total. The van der Waals surface area contributed by atoms with Crippen LogP contribution in [0.25, 0.3) is 0 Å². The lowest BCUT2D eigenvalue weighted by molar-refractivity contribution is -0.117. The lowest BCUT2D eigenvalue weighted by Gasteiger charge is -2.27. The average molecular weight is 293 g/mol. The number of hydrogen-bond donors (Lipinski definition) is 2. The molecule has 0 bridgehead atoms. The Labute approximate surface area is 124 Å². The van der Waals surface area contributed by atoms with Crippen molar-refractivity contribution in [2.24, 2.45) is 11.8 Å². The van der Waals surface area contributed by atoms with Gasteiger partial charge >= 0.3 is 0 Å². The molecule has 1 aliphatic heterocycles. The molecule has 1 aliphatic carbocycles. The van der Waals surface area contributed by atoms with Crippen LogP contribution in [0.4, 0.5) is 5.13 Å². The smallest absolute Gasteiger partial charge is 0.226 e. The summed E-state index contributed by atoms with van der Waals surface area (Å²) in [4.78, 5) is 16.6. The molecule has 1 saturated carbocycles. The molecule has 4 nitrogen and oxygen atoms in total. The number of amides is 1. The van der Waals surface area contributed by atoms with Crippen LogP contribution in [0.1, 0.15) is 50.6 Å². The van der Waals surface area contributed by atoms with E-state index in [1.54, 1.807) is 11.3 Å². The summed E-state index contributed by atoms with van der Waals surface area (Å²) in [5, 5.41) is 9.24. The highest BCUT2D eigenvalue weighted by Gasteiger charge is 2.26. The maximum Gasteiger partial charge on any atom is 0.226 e. The first kappa shape index (κ1) is 14.0. The summed E-state index contributed by atoms with van der Waals surface area (Å²) in [5.41, 5.74) is 1.16. The molecule has 20 heavy (non-hydrogen) atoms. The van der Waals surface area contributed by atoms with Gasteiger partial charge in [0.2, 0.25) is 5.91 Å². The van der Waals surface area contributed by atoms with Crippen LogP contribution >= 0.6 is 11.3 Å². The zero-order valence-electron chi connectivity index (χ0n) is 12.0. The second-order valence-electron chi connectivity index (χ2n) is 6.19. The van der Waals surface area contributed by atoms with E-state index < -0.39 is 0 Å². The van der Waals surface area contributed by atoms with Gasteiger partial charge in [-0.15, -0.1) is 11.3 Å². The summed E-state index contributed by atoms with van der Waals surface area (Å²) in [5.74, 6) is 1.84. The maximum atomic E-state index is 12.1. The molecule has 5 heteroatoms. The minimum absolute atomic E-state index is 0.111. The van der Waals surface area contributed by atoms with Gasteiger partial charge in [-0.1, -0.05) is 6.92 Å². The van der Waals surface area contributed by atoms with Crippen LogP contribution in [-0.4, -0.2) is 24.0 Å². The predicted molar refractivity (Wildman–Crippen MR) is 82.1 cm³/mol. The van der Waals surface area contributed by atoms with Gasteiger partial charge in [-0.05, 0) is 50.6 Å². The summed E-state index contributed by atoms with van der Waals surface area (Å²) in [7, 11) is 0. The number of rotatable bonds is 5. The fraction of sp³-hybridized carbons (Fsp3) is 0.733. The average Bonchev–Trinajstić information content (AvgIpc) is 3.20. The molecule has 1 amide bonds. The van der Waals surface area contributed by atoms with Gasteiger partial charge in [0, 0.05) is 17.7 Å². The molecule has 110 valence electrons. The van der Waals surface area contributed by atoms with Gasteiger partial charge in [0.05, 0.1) is 5.69 Å². The number of thiazole rings is 1. The fourth-order valence-corrected chi connectivity index (χ4v) is 3.71. The molecule has 0 radical (unpaired) electrons. The highest BCUT2D eigenvalue weighted by atomic mass is 32.1. The van der Waals surface area contributed by atoms with Crippen molar-refractivity contribution in [3.05, 3.63) is 11.1 Å². The summed E-state index contributed by atoms with van der Waals surface area (Å²) in [6.45, 7) is 4.37. The number of aromatic nitrogens is 1. The SMILES string of the molecule is CC(CC(=O)Nc1nc(C2CC2)cs1)C1CCCNC1. The van der Waals surface area contributed by atoms with Gasteiger partial charge in [-0.2, -0.15) is 0 Å². The van der Waals surface area contributed by atoms with Crippen LogP contribution in [0.2, 0.25) is 0 Å². The predicted octanol–water partition coefficient (Wildman–Crippen LogP) is 2.98. The standard InChI is InChI=1S/C15H23N3OS/c1-10(12-3-2-6-16-8-12)7-14(19)18-15-17-13(9-20-15)11-4-5-11/h9-12,16H,2-8H2,1H3,(H,17,18,19). The number of carbonyl (C=O) groups excluding carboxylic acids is 1. The number of nitrogens with one attached hydrogen (secondary N) is 2. The number of hydrogen-bond acceptors (Lipinski definition) is 4. The zero-order valence-corrected chi connectivity index (χ0v) is 12.8. The van der Waals surface area contributed by atoms with Gasteiger partial charge in [0.25, 0.3) is 0 Å². The Morgan fingerprint density at radius 1 is 1.55 bits per heavy atom. The molecule has 3 rings (SSSR count). The Bertz CT molecular complexity index is 463. The monoisotopic (exact) mass is 293 g/mol. The van der Waals surface area contributed by atoms with E-state index in [2.05, 4.69) is 27.9 Å². The van der Waals surface area contributed by atoms with Crippen molar-refractivity contribution in [1.29, 1.82) is 0 Å². The number of carbonyl (C=O) groups is 1. The van der Waals surface area contributed by atoms with Crippen LogP contribution in [-0.2, 0) is 4.79 Å². The Hall–Kier alpha value is -0.940. The number of piperidine rings is 1. The molecule has 2 heterocycles. The van der Waals surface area contributed by atoms with Crippen molar-refractivity contribution < 1.29 is 4.79 Å². The lowest BCUT2D eigenvalue weighted by Crippen LogP contribution is -2.34. The molecular weight excluding hydrogens is 270 g/mol. The van der Waals surface area contributed by atoms with Gasteiger partial charge < -0.3 is 10.6 Å². The molecule has 2 fully saturated rings. The summed E-state index contributed by atoms with van der Waals surface area (Å²) in [6, 6.07) is 0.